The van der Waals surface area contributed by atoms with E-state index < -0.39 is 4.92 Å². The highest BCUT2D eigenvalue weighted by molar-refractivity contribution is 5.54. The fourth-order valence-corrected chi connectivity index (χ4v) is 1.74. The number of hydrogen-bond acceptors (Lipinski definition) is 6. The van der Waals surface area contributed by atoms with Crippen LogP contribution >= 0.6 is 0 Å². The molecule has 0 spiro atoms. The lowest BCUT2D eigenvalue weighted by atomic mass is 10.3. The van der Waals surface area contributed by atoms with Crippen LogP contribution in [0.25, 0.3) is 5.65 Å². The lowest BCUT2D eigenvalue weighted by Gasteiger charge is -2.06. The summed E-state index contributed by atoms with van der Waals surface area (Å²) in [5.74, 6) is 0.940. The third-order valence-corrected chi connectivity index (χ3v) is 2.62. The first kappa shape index (κ1) is 11.9. The quantitative estimate of drug-likeness (QED) is 0.576. The summed E-state index contributed by atoms with van der Waals surface area (Å²) in [6.07, 6.45) is 4.93. The minimum atomic E-state index is -0.477. The molecule has 0 amide bonds. The van der Waals surface area contributed by atoms with E-state index in [2.05, 4.69) is 9.97 Å². The van der Waals surface area contributed by atoms with Gasteiger partial charge in [0, 0.05) is 24.5 Å². The van der Waals surface area contributed by atoms with Gasteiger partial charge in [0.25, 0.3) is 11.6 Å². The fraction of sp³-hybridized carbons (Fsp3) is 0. The normalized spacial score (nSPS) is 10.6. The molecule has 8 heteroatoms. The number of nitro benzene ring substituents is 1. The molecule has 20 heavy (non-hydrogen) atoms. The van der Waals surface area contributed by atoms with Crippen molar-refractivity contribution >= 4 is 17.2 Å². The number of fused-ring (bicyclic) bond motifs is 1. The molecule has 3 aromatic rings. The van der Waals surface area contributed by atoms with Crippen LogP contribution in [-0.2, 0) is 0 Å². The standard InChI is InChI=1S/C12H9N5O3/c13-10-7-16-6-5-14-11(16)12(15-10)20-9-3-1-8(2-4-9)17(18)19/h1-7H,13H2. The summed E-state index contributed by atoms with van der Waals surface area (Å²) in [5, 5.41) is 10.6. The van der Waals surface area contributed by atoms with Gasteiger partial charge in [-0.25, -0.2) is 4.98 Å². The second kappa shape index (κ2) is 4.50. The number of nitrogens with zero attached hydrogens (tertiary/aromatic N) is 4. The average Bonchev–Trinajstić information content (AvgIpc) is 2.87. The molecule has 1 aromatic carbocycles. The van der Waals surface area contributed by atoms with Gasteiger partial charge in [-0.15, -0.1) is 0 Å². The Morgan fingerprint density at radius 1 is 1.30 bits per heavy atom. The number of non-ortho nitro benzene ring substituents is 1. The molecule has 0 aliphatic heterocycles. The van der Waals surface area contributed by atoms with Crippen LogP contribution in [0.4, 0.5) is 11.5 Å². The third kappa shape index (κ3) is 2.09. The highest BCUT2D eigenvalue weighted by Crippen LogP contribution is 2.25. The molecule has 8 nitrogen and oxygen atoms in total. The lowest BCUT2D eigenvalue weighted by Crippen LogP contribution is -1.99. The van der Waals surface area contributed by atoms with Crippen LogP contribution in [0.1, 0.15) is 0 Å². The van der Waals surface area contributed by atoms with Crippen LogP contribution in [0.3, 0.4) is 0 Å². The third-order valence-electron chi connectivity index (χ3n) is 2.62. The molecule has 0 radical (unpaired) electrons. The van der Waals surface area contributed by atoms with E-state index in [0.29, 0.717) is 11.4 Å². The molecule has 3 rings (SSSR count). The zero-order chi connectivity index (χ0) is 14.1. The molecule has 0 saturated heterocycles. The number of imidazole rings is 1. The van der Waals surface area contributed by atoms with E-state index in [1.807, 2.05) is 0 Å². The minimum Gasteiger partial charge on any atom is -0.436 e. The largest absolute Gasteiger partial charge is 0.436 e. The molecule has 0 aliphatic carbocycles. The Labute approximate surface area is 112 Å². The Hall–Kier alpha value is -3.16. The first-order valence-corrected chi connectivity index (χ1v) is 5.65. The summed E-state index contributed by atoms with van der Waals surface area (Å²) in [4.78, 5) is 18.3. The number of nitrogens with two attached hydrogens (primary N) is 1. The molecule has 0 fully saturated rings. The number of hydrogen-bond donors (Lipinski definition) is 1. The van der Waals surface area contributed by atoms with Crippen LogP contribution < -0.4 is 10.5 Å². The Bertz CT molecular complexity index is 781. The first-order valence-electron chi connectivity index (χ1n) is 5.65. The maximum Gasteiger partial charge on any atom is 0.269 e. The van der Waals surface area contributed by atoms with E-state index in [9.17, 15) is 10.1 Å². The number of aromatic nitrogens is 3. The van der Waals surface area contributed by atoms with E-state index in [1.54, 1.807) is 23.0 Å². The summed E-state index contributed by atoms with van der Waals surface area (Å²) < 4.78 is 7.25. The number of nitro groups is 1. The molecule has 0 saturated carbocycles. The number of anilines is 1. The number of benzene rings is 1. The molecule has 100 valence electrons. The van der Waals surface area contributed by atoms with E-state index in [1.165, 1.54) is 24.3 Å². The molecule has 0 atom stereocenters. The summed E-state index contributed by atoms with van der Waals surface area (Å²) in [6.45, 7) is 0. The predicted octanol–water partition coefficient (Wildman–Crippen LogP) is 2.01. The van der Waals surface area contributed by atoms with E-state index in [-0.39, 0.29) is 17.4 Å². The fourth-order valence-electron chi connectivity index (χ4n) is 1.74. The zero-order valence-corrected chi connectivity index (χ0v) is 10.1. The summed E-state index contributed by atoms with van der Waals surface area (Å²) in [7, 11) is 0. The van der Waals surface area contributed by atoms with Crippen molar-refractivity contribution in [3.63, 3.8) is 0 Å². The Morgan fingerprint density at radius 2 is 2.05 bits per heavy atom. The zero-order valence-electron chi connectivity index (χ0n) is 10.1. The van der Waals surface area contributed by atoms with Gasteiger partial charge in [0.2, 0.25) is 5.65 Å². The summed E-state index contributed by atoms with van der Waals surface area (Å²) in [6, 6.07) is 5.68. The van der Waals surface area contributed by atoms with Crippen molar-refractivity contribution in [2.75, 3.05) is 5.73 Å². The van der Waals surface area contributed by atoms with Crippen molar-refractivity contribution in [2.24, 2.45) is 0 Å². The smallest absolute Gasteiger partial charge is 0.269 e. The SMILES string of the molecule is Nc1cn2ccnc2c(Oc2ccc([N+](=O)[O-])cc2)n1. The molecular weight excluding hydrogens is 262 g/mol. The number of nitrogen functional groups attached to an aromatic ring is 1. The predicted molar refractivity (Wildman–Crippen MR) is 70.6 cm³/mol. The molecule has 0 bridgehead atoms. The Morgan fingerprint density at radius 3 is 2.75 bits per heavy atom. The number of rotatable bonds is 3. The average molecular weight is 271 g/mol. The maximum atomic E-state index is 10.6. The molecule has 0 aliphatic rings. The second-order valence-corrected chi connectivity index (χ2v) is 3.98. The topological polar surface area (TPSA) is 109 Å². The monoisotopic (exact) mass is 271 g/mol. The molecule has 2 N–H and O–H groups in total. The van der Waals surface area contributed by atoms with Crippen LogP contribution in [-0.4, -0.2) is 19.3 Å². The Kier molecular flexibility index (Phi) is 2.68. The van der Waals surface area contributed by atoms with Crippen LogP contribution in [0.2, 0.25) is 0 Å². The van der Waals surface area contributed by atoms with E-state index in [0.717, 1.165) is 0 Å². The van der Waals surface area contributed by atoms with Crippen molar-refractivity contribution in [3.05, 3.63) is 53.0 Å². The molecule has 2 heterocycles. The Balaban J connectivity index is 1.96. The maximum absolute atomic E-state index is 10.6. The van der Waals surface area contributed by atoms with Crippen molar-refractivity contribution < 1.29 is 9.66 Å². The van der Waals surface area contributed by atoms with Crippen molar-refractivity contribution in [1.29, 1.82) is 0 Å². The molecule has 0 unspecified atom stereocenters. The van der Waals surface area contributed by atoms with Gasteiger partial charge in [0.1, 0.15) is 11.6 Å². The molecular formula is C12H9N5O3. The van der Waals surface area contributed by atoms with Gasteiger partial charge in [0.05, 0.1) is 11.1 Å². The lowest BCUT2D eigenvalue weighted by molar-refractivity contribution is -0.384. The van der Waals surface area contributed by atoms with Gasteiger partial charge < -0.3 is 10.5 Å². The van der Waals surface area contributed by atoms with Gasteiger partial charge in [-0.1, -0.05) is 0 Å². The highest BCUT2D eigenvalue weighted by Gasteiger charge is 2.10. The van der Waals surface area contributed by atoms with Crippen LogP contribution in [0, 0.1) is 10.1 Å². The van der Waals surface area contributed by atoms with Crippen LogP contribution in [0.5, 0.6) is 11.6 Å². The van der Waals surface area contributed by atoms with E-state index in [4.69, 9.17) is 10.5 Å². The van der Waals surface area contributed by atoms with Gasteiger partial charge in [-0.2, -0.15) is 4.98 Å². The van der Waals surface area contributed by atoms with Gasteiger partial charge in [0.15, 0.2) is 0 Å². The second-order valence-electron chi connectivity index (χ2n) is 3.98. The number of ether oxygens (including phenoxy) is 1. The van der Waals surface area contributed by atoms with Gasteiger partial charge >= 0.3 is 0 Å². The van der Waals surface area contributed by atoms with Gasteiger partial charge in [-0.05, 0) is 12.1 Å². The van der Waals surface area contributed by atoms with Crippen LogP contribution in [0.15, 0.2) is 42.9 Å². The van der Waals surface area contributed by atoms with E-state index >= 15 is 0 Å². The molecule has 2 aromatic heterocycles. The van der Waals surface area contributed by atoms with Crippen molar-refractivity contribution in [1.82, 2.24) is 14.4 Å². The van der Waals surface area contributed by atoms with Gasteiger partial charge in [-0.3, -0.25) is 14.5 Å². The minimum absolute atomic E-state index is 0.0103. The highest BCUT2D eigenvalue weighted by atomic mass is 16.6. The summed E-state index contributed by atoms with van der Waals surface area (Å²) in [5.41, 5.74) is 6.17. The first-order chi connectivity index (χ1) is 9.63. The summed E-state index contributed by atoms with van der Waals surface area (Å²) >= 11 is 0. The van der Waals surface area contributed by atoms with Crippen molar-refractivity contribution in [3.8, 4) is 11.6 Å². The van der Waals surface area contributed by atoms with Crippen molar-refractivity contribution in [2.45, 2.75) is 0 Å².